The lowest BCUT2D eigenvalue weighted by Crippen LogP contribution is -2.48. The first-order valence-electron chi connectivity index (χ1n) is 10.4. The van der Waals surface area contributed by atoms with Crippen molar-refractivity contribution in [3.05, 3.63) is 29.8 Å². The predicted octanol–water partition coefficient (Wildman–Crippen LogP) is 3.40. The molecule has 0 aromatic heterocycles. The molecule has 7 heteroatoms. The van der Waals surface area contributed by atoms with Gasteiger partial charge in [0.15, 0.2) is 5.96 Å². The van der Waals surface area contributed by atoms with E-state index in [1.165, 1.54) is 61.7 Å². The van der Waals surface area contributed by atoms with Gasteiger partial charge in [-0.1, -0.05) is 19.1 Å². The predicted molar refractivity (Wildman–Crippen MR) is 134 cm³/mol. The highest BCUT2D eigenvalue weighted by Crippen LogP contribution is 2.19. The van der Waals surface area contributed by atoms with Crippen LogP contribution in [0.2, 0.25) is 0 Å². The zero-order valence-corrected chi connectivity index (χ0v) is 20.5. The number of hydrogen-bond acceptors (Lipinski definition) is 4. The van der Waals surface area contributed by atoms with Gasteiger partial charge in [0.25, 0.3) is 0 Å². The molecule has 2 aliphatic heterocycles. The summed E-state index contributed by atoms with van der Waals surface area (Å²) >= 11 is 2.05. The number of likely N-dealkylation sites (tertiary alicyclic amines) is 1. The van der Waals surface area contributed by atoms with Crippen molar-refractivity contribution < 1.29 is 0 Å². The molecule has 0 radical (unpaired) electrons. The van der Waals surface area contributed by atoms with Crippen molar-refractivity contribution in [2.24, 2.45) is 4.99 Å². The number of benzene rings is 1. The van der Waals surface area contributed by atoms with Crippen LogP contribution in [0.25, 0.3) is 0 Å². The maximum Gasteiger partial charge on any atom is 0.191 e. The molecule has 0 unspecified atom stereocenters. The standard InChI is InChI=1S/C21H35N5S.HI/c1-3-10-25-11-8-19(9-12-25)24-21(22-2)23-17-18-4-6-20(7-5-18)26-13-15-27-16-14-26;/h4-7,19H,3,8-17H2,1-2H3,(H2,22,23,24);1H. The number of guanidine groups is 1. The van der Waals surface area contributed by atoms with Gasteiger partial charge < -0.3 is 20.4 Å². The SMILES string of the molecule is CCCN1CCC(NC(=NC)NCc2ccc(N3CCSCC3)cc2)CC1.I. The second-order valence-corrected chi connectivity index (χ2v) is 8.68. The van der Waals surface area contributed by atoms with E-state index in [-0.39, 0.29) is 24.0 Å². The first-order valence-corrected chi connectivity index (χ1v) is 11.5. The molecule has 28 heavy (non-hydrogen) atoms. The van der Waals surface area contributed by atoms with Crippen LogP contribution < -0.4 is 15.5 Å². The Bertz CT molecular complexity index is 581. The largest absolute Gasteiger partial charge is 0.370 e. The Balaban J connectivity index is 0.00000280. The van der Waals surface area contributed by atoms with E-state index in [1.54, 1.807) is 0 Å². The summed E-state index contributed by atoms with van der Waals surface area (Å²) in [7, 11) is 1.86. The number of rotatable bonds is 6. The van der Waals surface area contributed by atoms with Crippen molar-refractivity contribution in [2.45, 2.75) is 38.8 Å². The van der Waals surface area contributed by atoms with Crippen LogP contribution in [0.3, 0.4) is 0 Å². The van der Waals surface area contributed by atoms with E-state index in [0.717, 1.165) is 25.6 Å². The lowest BCUT2D eigenvalue weighted by atomic mass is 10.1. The molecular formula is C21H36IN5S. The molecule has 0 bridgehead atoms. The summed E-state index contributed by atoms with van der Waals surface area (Å²) < 4.78 is 0. The Morgan fingerprint density at radius 1 is 1.11 bits per heavy atom. The Hall–Kier alpha value is -0.670. The lowest BCUT2D eigenvalue weighted by molar-refractivity contribution is 0.206. The van der Waals surface area contributed by atoms with Crippen LogP contribution in [0.1, 0.15) is 31.7 Å². The quantitative estimate of drug-likeness (QED) is 0.344. The highest BCUT2D eigenvalue weighted by atomic mass is 127. The summed E-state index contributed by atoms with van der Waals surface area (Å²) in [6.45, 7) is 9.01. The lowest BCUT2D eigenvalue weighted by Gasteiger charge is -2.32. The van der Waals surface area contributed by atoms with E-state index in [4.69, 9.17) is 0 Å². The van der Waals surface area contributed by atoms with Crippen LogP contribution >= 0.6 is 35.7 Å². The Morgan fingerprint density at radius 3 is 2.39 bits per heavy atom. The topological polar surface area (TPSA) is 42.9 Å². The number of anilines is 1. The molecule has 158 valence electrons. The fourth-order valence-electron chi connectivity index (χ4n) is 3.84. The molecule has 2 heterocycles. The molecule has 0 aliphatic carbocycles. The van der Waals surface area contributed by atoms with Crippen molar-refractivity contribution in [3.8, 4) is 0 Å². The minimum Gasteiger partial charge on any atom is -0.370 e. The third-order valence-electron chi connectivity index (χ3n) is 5.46. The Morgan fingerprint density at radius 2 is 1.79 bits per heavy atom. The minimum atomic E-state index is 0. The first-order chi connectivity index (χ1) is 13.3. The summed E-state index contributed by atoms with van der Waals surface area (Å²) in [6.07, 6.45) is 3.64. The number of halogens is 1. The molecule has 5 nitrogen and oxygen atoms in total. The minimum absolute atomic E-state index is 0. The molecule has 2 aliphatic rings. The van der Waals surface area contributed by atoms with Gasteiger partial charge in [-0.25, -0.2) is 0 Å². The fraction of sp³-hybridized carbons (Fsp3) is 0.667. The van der Waals surface area contributed by atoms with E-state index < -0.39 is 0 Å². The Labute approximate surface area is 192 Å². The van der Waals surface area contributed by atoms with Crippen LogP contribution in [-0.4, -0.2) is 68.2 Å². The van der Waals surface area contributed by atoms with Gasteiger partial charge in [-0.15, -0.1) is 24.0 Å². The van der Waals surface area contributed by atoms with E-state index >= 15 is 0 Å². The molecule has 1 aromatic carbocycles. The maximum absolute atomic E-state index is 4.41. The first kappa shape index (κ1) is 23.6. The van der Waals surface area contributed by atoms with Crippen molar-refractivity contribution in [1.29, 1.82) is 0 Å². The number of nitrogens with one attached hydrogen (secondary N) is 2. The average Bonchev–Trinajstić information content (AvgIpc) is 2.73. The summed E-state index contributed by atoms with van der Waals surface area (Å²) in [5.74, 6) is 3.40. The summed E-state index contributed by atoms with van der Waals surface area (Å²) in [6, 6.07) is 9.52. The molecule has 2 saturated heterocycles. The van der Waals surface area contributed by atoms with Crippen LogP contribution in [-0.2, 0) is 6.54 Å². The van der Waals surface area contributed by atoms with E-state index in [9.17, 15) is 0 Å². The van der Waals surface area contributed by atoms with Crippen LogP contribution in [0.15, 0.2) is 29.3 Å². The maximum atomic E-state index is 4.41. The number of aliphatic imine (C=N–C) groups is 1. The second-order valence-electron chi connectivity index (χ2n) is 7.45. The molecule has 0 amide bonds. The van der Waals surface area contributed by atoms with Crippen molar-refractivity contribution in [1.82, 2.24) is 15.5 Å². The van der Waals surface area contributed by atoms with Crippen molar-refractivity contribution in [2.75, 3.05) is 56.2 Å². The van der Waals surface area contributed by atoms with Gasteiger partial charge in [0.05, 0.1) is 0 Å². The van der Waals surface area contributed by atoms with Gasteiger partial charge >= 0.3 is 0 Å². The average molecular weight is 518 g/mol. The third kappa shape index (κ3) is 7.30. The van der Waals surface area contributed by atoms with Crippen LogP contribution in [0.5, 0.6) is 0 Å². The molecule has 3 rings (SSSR count). The number of piperidine rings is 1. The van der Waals surface area contributed by atoms with Crippen molar-refractivity contribution >= 4 is 47.4 Å². The molecule has 0 atom stereocenters. The second kappa shape index (κ2) is 12.8. The molecule has 0 spiro atoms. The molecular weight excluding hydrogens is 481 g/mol. The van der Waals surface area contributed by atoms with Gasteiger partial charge in [0.1, 0.15) is 0 Å². The Kier molecular flexibility index (Phi) is 10.8. The highest BCUT2D eigenvalue weighted by Gasteiger charge is 2.19. The van der Waals surface area contributed by atoms with Gasteiger partial charge in [-0.05, 0) is 43.5 Å². The van der Waals surface area contributed by atoms with Crippen LogP contribution in [0, 0.1) is 0 Å². The van der Waals surface area contributed by atoms with Gasteiger partial charge in [-0.2, -0.15) is 11.8 Å². The fourth-order valence-corrected chi connectivity index (χ4v) is 4.74. The summed E-state index contributed by atoms with van der Waals surface area (Å²) in [4.78, 5) is 9.47. The normalized spacial score (nSPS) is 19.2. The summed E-state index contributed by atoms with van der Waals surface area (Å²) in [5, 5.41) is 7.08. The monoisotopic (exact) mass is 517 g/mol. The molecule has 1 aromatic rings. The third-order valence-corrected chi connectivity index (χ3v) is 6.41. The van der Waals surface area contributed by atoms with E-state index in [0.29, 0.717) is 6.04 Å². The zero-order chi connectivity index (χ0) is 18.9. The van der Waals surface area contributed by atoms with E-state index in [1.807, 2.05) is 7.05 Å². The van der Waals surface area contributed by atoms with Crippen molar-refractivity contribution in [3.63, 3.8) is 0 Å². The van der Waals surface area contributed by atoms with Crippen LogP contribution in [0.4, 0.5) is 5.69 Å². The molecule has 2 fully saturated rings. The molecule has 0 saturated carbocycles. The molecule has 2 N–H and O–H groups in total. The smallest absolute Gasteiger partial charge is 0.191 e. The van der Waals surface area contributed by atoms with Gasteiger partial charge in [0, 0.05) is 63.0 Å². The number of hydrogen-bond donors (Lipinski definition) is 2. The highest BCUT2D eigenvalue weighted by molar-refractivity contribution is 14.0. The van der Waals surface area contributed by atoms with Gasteiger partial charge in [0.2, 0.25) is 0 Å². The van der Waals surface area contributed by atoms with E-state index in [2.05, 4.69) is 68.4 Å². The number of thioether (sulfide) groups is 1. The number of nitrogens with zero attached hydrogens (tertiary/aromatic N) is 3. The van der Waals surface area contributed by atoms with Gasteiger partial charge in [-0.3, -0.25) is 4.99 Å². The summed E-state index contributed by atoms with van der Waals surface area (Å²) in [5.41, 5.74) is 2.64. The zero-order valence-electron chi connectivity index (χ0n) is 17.3.